The van der Waals surface area contributed by atoms with Gasteiger partial charge in [-0.25, -0.2) is 4.68 Å². The lowest BCUT2D eigenvalue weighted by Crippen LogP contribution is -2.43. The summed E-state index contributed by atoms with van der Waals surface area (Å²) < 4.78 is 1.23. The molecule has 0 unspecified atom stereocenters. The number of hydrogen-bond acceptors (Lipinski definition) is 4. The van der Waals surface area contributed by atoms with Gasteiger partial charge in [0.25, 0.3) is 0 Å². The number of nitrogens with zero attached hydrogens (tertiary/aromatic N) is 3. The molecule has 1 aromatic heterocycles. The number of hydrogen-bond donors (Lipinski definition) is 2. The van der Waals surface area contributed by atoms with Crippen LogP contribution in [-0.2, 0) is 28.1 Å². The van der Waals surface area contributed by atoms with Gasteiger partial charge in [-0.05, 0) is 18.4 Å². The predicted molar refractivity (Wildman–Crippen MR) is 88.2 cm³/mol. The fourth-order valence-corrected chi connectivity index (χ4v) is 2.84. The Morgan fingerprint density at radius 2 is 1.88 bits per heavy atom. The van der Waals surface area contributed by atoms with Crippen molar-refractivity contribution in [1.82, 2.24) is 20.3 Å². The van der Waals surface area contributed by atoms with Crippen LogP contribution < -0.4 is 5.32 Å². The zero-order valence-corrected chi connectivity index (χ0v) is 13.9. The van der Waals surface area contributed by atoms with Gasteiger partial charge in [-0.1, -0.05) is 49.4 Å². The zero-order chi connectivity index (χ0) is 17.6. The maximum absolute atomic E-state index is 12.8. The molecule has 0 aliphatic rings. The first-order valence-electron chi connectivity index (χ1n) is 7.96. The average Bonchev–Trinajstić information content (AvgIpc) is 3.02. The van der Waals surface area contributed by atoms with Crippen molar-refractivity contribution in [2.75, 3.05) is 0 Å². The van der Waals surface area contributed by atoms with E-state index in [4.69, 9.17) is 5.11 Å². The van der Waals surface area contributed by atoms with Crippen molar-refractivity contribution in [3.8, 4) is 0 Å². The molecular weight excluding hydrogens is 308 g/mol. The third-order valence-electron chi connectivity index (χ3n) is 4.28. The van der Waals surface area contributed by atoms with Crippen molar-refractivity contribution in [1.29, 1.82) is 0 Å². The van der Waals surface area contributed by atoms with E-state index in [1.807, 2.05) is 44.2 Å². The SMILES string of the molecule is CCC(CC)(C(=O)NCc1cn(CC(=O)O)nn1)c1ccccc1. The van der Waals surface area contributed by atoms with Gasteiger partial charge in [-0.2, -0.15) is 0 Å². The van der Waals surface area contributed by atoms with Gasteiger partial charge in [0.05, 0.1) is 18.2 Å². The second kappa shape index (κ2) is 7.72. The van der Waals surface area contributed by atoms with E-state index in [9.17, 15) is 9.59 Å². The molecule has 0 aliphatic heterocycles. The summed E-state index contributed by atoms with van der Waals surface area (Å²) in [6.45, 7) is 3.96. The summed E-state index contributed by atoms with van der Waals surface area (Å²) >= 11 is 0. The Kier molecular flexibility index (Phi) is 5.68. The van der Waals surface area contributed by atoms with Gasteiger partial charge in [0.15, 0.2) is 0 Å². The minimum absolute atomic E-state index is 0.0634. The Morgan fingerprint density at radius 1 is 1.21 bits per heavy atom. The van der Waals surface area contributed by atoms with Crippen LogP contribution in [0.2, 0.25) is 0 Å². The highest BCUT2D eigenvalue weighted by molar-refractivity contribution is 5.88. The van der Waals surface area contributed by atoms with Crippen LogP contribution in [0.25, 0.3) is 0 Å². The molecule has 0 aliphatic carbocycles. The normalized spacial score (nSPS) is 11.2. The fourth-order valence-electron chi connectivity index (χ4n) is 2.84. The highest BCUT2D eigenvalue weighted by Gasteiger charge is 2.36. The Morgan fingerprint density at radius 3 is 2.46 bits per heavy atom. The predicted octanol–water partition coefficient (Wildman–Crippen LogP) is 1.74. The monoisotopic (exact) mass is 330 g/mol. The fraction of sp³-hybridized carbons (Fsp3) is 0.412. The molecule has 0 bridgehead atoms. The summed E-state index contributed by atoms with van der Waals surface area (Å²) in [6, 6.07) is 9.73. The van der Waals surface area contributed by atoms with E-state index in [1.165, 1.54) is 10.9 Å². The van der Waals surface area contributed by atoms with Crippen molar-refractivity contribution in [2.24, 2.45) is 0 Å². The first-order chi connectivity index (χ1) is 11.5. The number of aliphatic carboxylic acids is 1. The molecular formula is C17H22N4O3. The molecule has 0 atom stereocenters. The van der Waals surface area contributed by atoms with Crippen molar-refractivity contribution in [3.63, 3.8) is 0 Å². The minimum atomic E-state index is -0.990. The quantitative estimate of drug-likeness (QED) is 0.768. The van der Waals surface area contributed by atoms with Gasteiger partial charge >= 0.3 is 5.97 Å². The number of carboxylic acid groups (broad SMARTS) is 1. The van der Waals surface area contributed by atoms with Crippen molar-refractivity contribution >= 4 is 11.9 Å². The number of benzene rings is 1. The van der Waals surface area contributed by atoms with Crippen LogP contribution in [0.1, 0.15) is 37.9 Å². The van der Waals surface area contributed by atoms with E-state index in [0.717, 1.165) is 5.56 Å². The number of carbonyl (C=O) groups is 2. The first kappa shape index (κ1) is 17.7. The lowest BCUT2D eigenvalue weighted by Gasteiger charge is -2.30. The molecule has 2 rings (SSSR count). The van der Waals surface area contributed by atoms with Gasteiger partial charge in [0.2, 0.25) is 5.91 Å². The lowest BCUT2D eigenvalue weighted by molar-refractivity contribution is -0.138. The first-order valence-corrected chi connectivity index (χ1v) is 7.96. The highest BCUT2D eigenvalue weighted by atomic mass is 16.4. The number of nitrogens with one attached hydrogen (secondary N) is 1. The van der Waals surface area contributed by atoms with E-state index in [2.05, 4.69) is 15.6 Å². The molecule has 0 radical (unpaired) electrons. The van der Waals surface area contributed by atoms with E-state index < -0.39 is 11.4 Å². The van der Waals surface area contributed by atoms with Gasteiger partial charge in [-0.15, -0.1) is 5.10 Å². The smallest absolute Gasteiger partial charge is 0.325 e. The van der Waals surface area contributed by atoms with Crippen molar-refractivity contribution in [3.05, 3.63) is 47.8 Å². The number of rotatable bonds is 8. The molecule has 0 fully saturated rings. The van der Waals surface area contributed by atoms with Gasteiger partial charge in [-0.3, -0.25) is 9.59 Å². The van der Waals surface area contributed by atoms with E-state index in [0.29, 0.717) is 18.5 Å². The molecule has 1 aromatic carbocycles. The standard InChI is InChI=1S/C17H22N4O3/c1-3-17(4-2,13-8-6-5-7-9-13)16(24)18-10-14-11-21(20-19-14)12-15(22)23/h5-9,11H,3-4,10,12H2,1-2H3,(H,18,24)(H,22,23). The average molecular weight is 330 g/mol. The summed E-state index contributed by atoms with van der Waals surface area (Å²) in [7, 11) is 0. The molecule has 1 amide bonds. The summed E-state index contributed by atoms with van der Waals surface area (Å²) in [6.07, 6.45) is 2.90. The van der Waals surface area contributed by atoms with E-state index >= 15 is 0 Å². The lowest BCUT2D eigenvalue weighted by atomic mass is 9.75. The number of aromatic nitrogens is 3. The molecule has 7 heteroatoms. The molecule has 7 nitrogen and oxygen atoms in total. The van der Waals surface area contributed by atoms with E-state index in [1.54, 1.807) is 0 Å². The minimum Gasteiger partial charge on any atom is -0.480 e. The molecule has 2 N–H and O–H groups in total. The summed E-state index contributed by atoms with van der Waals surface area (Å²) in [5.41, 5.74) is 0.930. The van der Waals surface area contributed by atoms with Crippen LogP contribution in [0.15, 0.2) is 36.5 Å². The Balaban J connectivity index is 2.09. The van der Waals surface area contributed by atoms with Crippen LogP contribution in [0.4, 0.5) is 0 Å². The molecule has 0 saturated heterocycles. The van der Waals surface area contributed by atoms with Crippen LogP contribution in [0, 0.1) is 0 Å². The largest absolute Gasteiger partial charge is 0.480 e. The topological polar surface area (TPSA) is 97.1 Å². The van der Waals surface area contributed by atoms with Gasteiger partial charge in [0, 0.05) is 0 Å². The summed E-state index contributed by atoms with van der Waals surface area (Å²) in [5.74, 6) is -1.05. The molecule has 1 heterocycles. The van der Waals surface area contributed by atoms with Crippen LogP contribution in [0.3, 0.4) is 0 Å². The third-order valence-corrected chi connectivity index (χ3v) is 4.28. The summed E-state index contributed by atoms with van der Waals surface area (Å²) in [4.78, 5) is 23.5. The number of amides is 1. The molecule has 0 spiro atoms. The second-order valence-corrected chi connectivity index (χ2v) is 5.64. The van der Waals surface area contributed by atoms with Crippen molar-refractivity contribution < 1.29 is 14.7 Å². The Labute approximate surface area is 140 Å². The van der Waals surface area contributed by atoms with Gasteiger partial charge < -0.3 is 10.4 Å². The van der Waals surface area contributed by atoms with Crippen LogP contribution in [-0.4, -0.2) is 32.0 Å². The maximum Gasteiger partial charge on any atom is 0.325 e. The molecule has 24 heavy (non-hydrogen) atoms. The third kappa shape index (κ3) is 3.79. The molecule has 2 aromatic rings. The molecule has 128 valence electrons. The zero-order valence-electron chi connectivity index (χ0n) is 13.9. The summed E-state index contributed by atoms with van der Waals surface area (Å²) in [5, 5.41) is 19.2. The Bertz CT molecular complexity index is 693. The highest BCUT2D eigenvalue weighted by Crippen LogP contribution is 2.31. The number of carboxylic acids is 1. The maximum atomic E-state index is 12.8. The van der Waals surface area contributed by atoms with Crippen LogP contribution in [0.5, 0.6) is 0 Å². The van der Waals surface area contributed by atoms with Crippen LogP contribution >= 0.6 is 0 Å². The Hall–Kier alpha value is -2.70. The van der Waals surface area contributed by atoms with Gasteiger partial charge in [0.1, 0.15) is 12.2 Å². The molecule has 0 saturated carbocycles. The van der Waals surface area contributed by atoms with E-state index in [-0.39, 0.29) is 19.0 Å². The number of carbonyl (C=O) groups excluding carboxylic acids is 1. The second-order valence-electron chi connectivity index (χ2n) is 5.64. The van der Waals surface area contributed by atoms with Crippen molar-refractivity contribution in [2.45, 2.75) is 45.2 Å².